The summed E-state index contributed by atoms with van der Waals surface area (Å²) in [4.78, 5) is 11.9. The number of hydrogen-bond acceptors (Lipinski definition) is 3. The molecule has 4 nitrogen and oxygen atoms in total. The summed E-state index contributed by atoms with van der Waals surface area (Å²) < 4.78 is 12.1. The van der Waals surface area contributed by atoms with Crippen molar-refractivity contribution in [1.29, 1.82) is 0 Å². The van der Waals surface area contributed by atoms with Gasteiger partial charge in [0.05, 0.1) is 19.2 Å². The second-order valence-corrected chi connectivity index (χ2v) is 4.14. The van der Waals surface area contributed by atoms with E-state index in [1.807, 2.05) is 36.7 Å². The third kappa shape index (κ3) is 1.83. The highest BCUT2D eigenvalue weighted by atomic mass is 16.5. The highest BCUT2D eigenvalue weighted by Gasteiger charge is 2.19. The van der Waals surface area contributed by atoms with Gasteiger partial charge in [0.25, 0.3) is 0 Å². The average molecular weight is 247 g/mol. The maximum absolute atomic E-state index is 11.9. The Morgan fingerprint density at radius 1 is 1.39 bits per heavy atom. The summed E-state index contributed by atoms with van der Waals surface area (Å²) >= 11 is 0. The van der Waals surface area contributed by atoms with Gasteiger partial charge >= 0.3 is 5.97 Å². The first-order valence-electron chi connectivity index (χ1n) is 5.90. The van der Waals surface area contributed by atoms with E-state index in [9.17, 15) is 4.79 Å². The highest BCUT2D eigenvalue weighted by molar-refractivity contribution is 5.99. The Kier molecular flexibility index (Phi) is 3.28. The molecule has 1 heterocycles. The van der Waals surface area contributed by atoms with Crippen LogP contribution in [0.3, 0.4) is 0 Å². The fourth-order valence-electron chi connectivity index (χ4n) is 2.22. The van der Waals surface area contributed by atoms with Gasteiger partial charge in [-0.1, -0.05) is 0 Å². The van der Waals surface area contributed by atoms with Gasteiger partial charge in [0.15, 0.2) is 0 Å². The molecule has 0 bridgehead atoms. The number of hydrogen-bond donors (Lipinski definition) is 0. The van der Waals surface area contributed by atoms with Crippen LogP contribution in [0.1, 0.15) is 23.0 Å². The van der Waals surface area contributed by atoms with Crippen LogP contribution in [0.2, 0.25) is 0 Å². The molecule has 1 aromatic carbocycles. The summed E-state index contributed by atoms with van der Waals surface area (Å²) in [6.45, 7) is 4.11. The zero-order valence-electron chi connectivity index (χ0n) is 11.1. The van der Waals surface area contributed by atoms with Gasteiger partial charge in [0.2, 0.25) is 0 Å². The first-order valence-corrected chi connectivity index (χ1v) is 5.90. The number of nitrogens with zero attached hydrogens (tertiary/aromatic N) is 1. The van der Waals surface area contributed by atoms with Gasteiger partial charge in [-0.05, 0) is 31.5 Å². The minimum Gasteiger partial charge on any atom is -0.497 e. The molecule has 2 rings (SSSR count). The van der Waals surface area contributed by atoms with Crippen LogP contribution in [0.25, 0.3) is 10.9 Å². The van der Waals surface area contributed by atoms with Crippen molar-refractivity contribution in [2.24, 2.45) is 7.05 Å². The second kappa shape index (κ2) is 4.72. The van der Waals surface area contributed by atoms with Gasteiger partial charge in [-0.2, -0.15) is 0 Å². The smallest absolute Gasteiger partial charge is 0.355 e. The maximum Gasteiger partial charge on any atom is 0.355 e. The maximum atomic E-state index is 11.9. The molecule has 0 aliphatic rings. The van der Waals surface area contributed by atoms with Crippen molar-refractivity contribution in [1.82, 2.24) is 4.57 Å². The van der Waals surface area contributed by atoms with Crippen molar-refractivity contribution < 1.29 is 14.3 Å². The van der Waals surface area contributed by atoms with E-state index in [1.165, 1.54) is 0 Å². The second-order valence-electron chi connectivity index (χ2n) is 4.14. The third-order valence-electron chi connectivity index (χ3n) is 3.13. The average Bonchev–Trinajstić information content (AvgIpc) is 2.62. The normalized spacial score (nSPS) is 10.7. The summed E-state index contributed by atoms with van der Waals surface area (Å²) in [5, 5.41) is 1.04. The van der Waals surface area contributed by atoms with Crippen LogP contribution < -0.4 is 4.74 Å². The molecule has 0 unspecified atom stereocenters. The van der Waals surface area contributed by atoms with E-state index >= 15 is 0 Å². The van der Waals surface area contributed by atoms with E-state index in [2.05, 4.69) is 0 Å². The van der Waals surface area contributed by atoms with Crippen LogP contribution in [0.4, 0.5) is 0 Å². The van der Waals surface area contributed by atoms with Gasteiger partial charge in [0, 0.05) is 18.5 Å². The summed E-state index contributed by atoms with van der Waals surface area (Å²) in [5.41, 5.74) is 2.50. The SMILES string of the molecule is CCOC(=O)c1c(C)c2ccc(OC)cc2n1C. The van der Waals surface area contributed by atoms with Crippen molar-refractivity contribution in [3.05, 3.63) is 29.5 Å². The molecule has 2 aromatic rings. The molecule has 0 aliphatic carbocycles. The van der Waals surface area contributed by atoms with Crippen LogP contribution in [-0.4, -0.2) is 24.3 Å². The number of aromatic nitrogens is 1. The van der Waals surface area contributed by atoms with Crippen molar-refractivity contribution in [2.75, 3.05) is 13.7 Å². The lowest BCUT2D eigenvalue weighted by Crippen LogP contribution is -2.11. The number of aryl methyl sites for hydroxylation is 2. The molecule has 0 atom stereocenters. The largest absolute Gasteiger partial charge is 0.497 e. The molecular weight excluding hydrogens is 230 g/mol. The Labute approximate surface area is 106 Å². The van der Waals surface area contributed by atoms with E-state index in [1.54, 1.807) is 14.0 Å². The molecule has 4 heteroatoms. The van der Waals surface area contributed by atoms with Crippen molar-refractivity contribution in [3.8, 4) is 5.75 Å². The minimum absolute atomic E-state index is 0.285. The molecule has 0 fully saturated rings. The standard InChI is InChI=1S/C14H17NO3/c1-5-18-14(16)13-9(2)11-7-6-10(17-4)8-12(11)15(13)3/h6-8H,5H2,1-4H3. The number of ether oxygens (including phenoxy) is 2. The van der Waals surface area contributed by atoms with Crippen LogP contribution >= 0.6 is 0 Å². The Balaban J connectivity index is 2.65. The van der Waals surface area contributed by atoms with Crippen LogP contribution in [0.15, 0.2) is 18.2 Å². The lowest BCUT2D eigenvalue weighted by molar-refractivity contribution is 0.0515. The molecule has 0 saturated heterocycles. The Morgan fingerprint density at radius 3 is 2.72 bits per heavy atom. The molecule has 0 amide bonds. The first kappa shape index (κ1) is 12.5. The predicted octanol–water partition coefficient (Wildman–Crippen LogP) is 2.67. The molecular formula is C14H17NO3. The quantitative estimate of drug-likeness (QED) is 0.783. The molecule has 18 heavy (non-hydrogen) atoms. The van der Waals surface area contributed by atoms with Gasteiger partial charge < -0.3 is 14.0 Å². The van der Waals surface area contributed by atoms with Gasteiger partial charge in [-0.15, -0.1) is 0 Å². The molecule has 96 valence electrons. The molecule has 1 aromatic heterocycles. The van der Waals surface area contributed by atoms with Gasteiger partial charge in [0.1, 0.15) is 11.4 Å². The number of carbonyl (C=O) groups is 1. The number of methoxy groups -OCH3 is 1. The molecule has 0 N–H and O–H groups in total. The van der Waals surface area contributed by atoms with E-state index in [0.29, 0.717) is 12.3 Å². The van der Waals surface area contributed by atoms with Crippen LogP contribution in [0, 0.1) is 6.92 Å². The van der Waals surface area contributed by atoms with E-state index < -0.39 is 0 Å². The van der Waals surface area contributed by atoms with Crippen molar-refractivity contribution >= 4 is 16.9 Å². The zero-order chi connectivity index (χ0) is 13.3. The lowest BCUT2D eigenvalue weighted by atomic mass is 10.1. The van der Waals surface area contributed by atoms with Crippen LogP contribution in [-0.2, 0) is 11.8 Å². The zero-order valence-corrected chi connectivity index (χ0v) is 11.1. The monoisotopic (exact) mass is 247 g/mol. The molecule has 0 aliphatic heterocycles. The number of fused-ring (bicyclic) bond motifs is 1. The summed E-state index contributed by atoms with van der Waals surface area (Å²) in [6, 6.07) is 5.78. The minimum atomic E-state index is -0.285. The topological polar surface area (TPSA) is 40.5 Å². The fourth-order valence-corrected chi connectivity index (χ4v) is 2.22. The fraction of sp³-hybridized carbons (Fsp3) is 0.357. The van der Waals surface area contributed by atoms with Crippen molar-refractivity contribution in [3.63, 3.8) is 0 Å². The van der Waals surface area contributed by atoms with Crippen LogP contribution in [0.5, 0.6) is 5.75 Å². The van der Waals surface area contributed by atoms with E-state index in [4.69, 9.17) is 9.47 Å². The number of rotatable bonds is 3. The van der Waals surface area contributed by atoms with Gasteiger partial charge in [-0.25, -0.2) is 4.79 Å². The van der Waals surface area contributed by atoms with Crippen molar-refractivity contribution in [2.45, 2.75) is 13.8 Å². The number of carbonyl (C=O) groups excluding carboxylic acids is 1. The summed E-state index contributed by atoms with van der Waals surface area (Å²) in [7, 11) is 3.49. The highest BCUT2D eigenvalue weighted by Crippen LogP contribution is 2.28. The Bertz CT molecular complexity index is 599. The molecule has 0 radical (unpaired) electrons. The third-order valence-corrected chi connectivity index (χ3v) is 3.13. The number of esters is 1. The summed E-state index contributed by atoms with van der Waals surface area (Å²) in [5.74, 6) is 0.492. The number of benzene rings is 1. The molecule has 0 spiro atoms. The van der Waals surface area contributed by atoms with E-state index in [0.717, 1.165) is 22.2 Å². The van der Waals surface area contributed by atoms with E-state index in [-0.39, 0.29) is 5.97 Å². The Morgan fingerprint density at radius 2 is 2.11 bits per heavy atom. The summed E-state index contributed by atoms with van der Waals surface area (Å²) in [6.07, 6.45) is 0. The van der Waals surface area contributed by atoms with Gasteiger partial charge in [-0.3, -0.25) is 0 Å². The first-order chi connectivity index (χ1) is 8.60. The predicted molar refractivity (Wildman–Crippen MR) is 70.2 cm³/mol. The molecule has 0 saturated carbocycles. The Hall–Kier alpha value is -1.97. The lowest BCUT2D eigenvalue weighted by Gasteiger charge is -2.05.